The summed E-state index contributed by atoms with van der Waals surface area (Å²) in [4.78, 5) is 24.4. The number of rotatable bonds is 2. The third-order valence-corrected chi connectivity index (χ3v) is 3.07. The molecule has 0 atom stereocenters. The van der Waals surface area contributed by atoms with Crippen LogP contribution in [0.1, 0.15) is 5.56 Å². The molecule has 2 amide bonds. The number of nitrogens with one attached hydrogen (secondary N) is 1. The Morgan fingerprint density at radius 3 is 2.95 bits per heavy atom. The van der Waals surface area contributed by atoms with Crippen molar-refractivity contribution in [2.24, 2.45) is 0 Å². The van der Waals surface area contributed by atoms with Gasteiger partial charge in [-0.2, -0.15) is 0 Å². The number of halogens is 2. The smallest absolute Gasteiger partial charge is 0.247 e. The fourth-order valence-corrected chi connectivity index (χ4v) is 1.98. The van der Waals surface area contributed by atoms with E-state index in [2.05, 4.69) is 5.32 Å². The van der Waals surface area contributed by atoms with Crippen LogP contribution in [0.3, 0.4) is 0 Å². The highest BCUT2D eigenvalue weighted by Crippen LogP contribution is 2.20. The van der Waals surface area contributed by atoms with E-state index in [9.17, 15) is 14.0 Å². The van der Waals surface area contributed by atoms with Crippen molar-refractivity contribution in [2.45, 2.75) is 0 Å². The maximum absolute atomic E-state index is 13.5. The summed E-state index contributed by atoms with van der Waals surface area (Å²) in [5.74, 6) is -1.03. The molecule has 2 rings (SSSR count). The molecule has 1 saturated heterocycles. The number of hydrogen-bond acceptors (Lipinski definition) is 2. The Balaban J connectivity index is 2.10. The predicted molar refractivity (Wildman–Crippen MR) is 70.0 cm³/mol. The van der Waals surface area contributed by atoms with Crippen LogP contribution in [0.15, 0.2) is 24.3 Å². The molecule has 1 fully saturated rings. The molecule has 0 unspecified atom stereocenters. The van der Waals surface area contributed by atoms with Gasteiger partial charge in [-0.3, -0.25) is 9.59 Å². The minimum absolute atomic E-state index is 0.0220. The van der Waals surface area contributed by atoms with E-state index >= 15 is 0 Å². The summed E-state index contributed by atoms with van der Waals surface area (Å²) in [5.41, 5.74) is 0.166. The molecule has 19 heavy (non-hydrogen) atoms. The van der Waals surface area contributed by atoms with Crippen LogP contribution < -0.4 is 5.32 Å². The predicted octanol–water partition coefficient (Wildman–Crippen LogP) is 1.45. The van der Waals surface area contributed by atoms with Crippen molar-refractivity contribution in [3.63, 3.8) is 0 Å². The zero-order valence-corrected chi connectivity index (χ0v) is 10.8. The van der Waals surface area contributed by atoms with Crippen molar-refractivity contribution in [3.05, 3.63) is 40.7 Å². The maximum Gasteiger partial charge on any atom is 0.247 e. The lowest BCUT2D eigenvalue weighted by Crippen LogP contribution is -2.49. The molecule has 0 aromatic heterocycles. The summed E-state index contributed by atoms with van der Waals surface area (Å²) in [6, 6.07) is 4.30. The van der Waals surface area contributed by atoms with Gasteiger partial charge in [0.2, 0.25) is 11.8 Å². The quantitative estimate of drug-likeness (QED) is 0.835. The number of nitrogens with zero attached hydrogens (tertiary/aromatic N) is 1. The molecule has 1 aromatic rings. The SMILES string of the molecule is O=C1CN(C(=O)C=Cc2c(F)cccc2Cl)CCN1. The molecule has 0 aliphatic carbocycles. The maximum atomic E-state index is 13.5. The second-order valence-electron chi connectivity index (χ2n) is 4.08. The van der Waals surface area contributed by atoms with Crippen LogP contribution in [0.4, 0.5) is 4.39 Å². The Hall–Kier alpha value is -1.88. The van der Waals surface area contributed by atoms with Crippen molar-refractivity contribution in [2.75, 3.05) is 19.6 Å². The molecule has 0 spiro atoms. The van der Waals surface area contributed by atoms with E-state index in [-0.39, 0.29) is 28.9 Å². The van der Waals surface area contributed by atoms with Crippen molar-refractivity contribution in [3.8, 4) is 0 Å². The largest absolute Gasteiger partial charge is 0.353 e. The van der Waals surface area contributed by atoms with E-state index in [1.165, 1.54) is 29.2 Å². The van der Waals surface area contributed by atoms with Gasteiger partial charge in [0.15, 0.2) is 0 Å². The Morgan fingerprint density at radius 2 is 2.26 bits per heavy atom. The first kappa shape index (κ1) is 13.5. The number of hydrogen-bond donors (Lipinski definition) is 1. The molecule has 0 saturated carbocycles. The number of carbonyl (C=O) groups excluding carboxylic acids is 2. The fourth-order valence-electron chi connectivity index (χ4n) is 1.76. The van der Waals surface area contributed by atoms with Gasteiger partial charge in [-0.15, -0.1) is 0 Å². The van der Waals surface area contributed by atoms with Gasteiger partial charge in [0, 0.05) is 24.7 Å². The minimum Gasteiger partial charge on any atom is -0.353 e. The lowest BCUT2D eigenvalue weighted by Gasteiger charge is -2.25. The normalized spacial score (nSPS) is 15.7. The van der Waals surface area contributed by atoms with Crippen molar-refractivity contribution < 1.29 is 14.0 Å². The summed E-state index contributed by atoms with van der Waals surface area (Å²) in [6.07, 6.45) is 2.55. The van der Waals surface area contributed by atoms with Crippen LogP contribution >= 0.6 is 11.6 Å². The van der Waals surface area contributed by atoms with Gasteiger partial charge in [0.05, 0.1) is 11.6 Å². The Kier molecular flexibility index (Phi) is 4.16. The lowest BCUT2D eigenvalue weighted by atomic mass is 10.2. The topological polar surface area (TPSA) is 49.4 Å². The van der Waals surface area contributed by atoms with Crippen LogP contribution in [-0.2, 0) is 9.59 Å². The Labute approximate surface area is 114 Å². The molecule has 0 bridgehead atoms. The summed E-state index contributed by atoms with van der Waals surface area (Å²) in [5, 5.41) is 2.86. The van der Waals surface area contributed by atoms with E-state index in [4.69, 9.17) is 11.6 Å². The van der Waals surface area contributed by atoms with Crippen LogP contribution in [0.25, 0.3) is 6.08 Å². The molecular formula is C13H12ClFN2O2. The lowest BCUT2D eigenvalue weighted by molar-refractivity contribution is -0.134. The summed E-state index contributed by atoms with van der Waals surface area (Å²) in [7, 11) is 0. The third kappa shape index (κ3) is 3.32. The summed E-state index contributed by atoms with van der Waals surface area (Å²) in [6.45, 7) is 0.896. The number of amides is 2. The van der Waals surface area contributed by atoms with Gasteiger partial charge in [0.25, 0.3) is 0 Å². The number of benzene rings is 1. The van der Waals surface area contributed by atoms with Gasteiger partial charge in [-0.25, -0.2) is 4.39 Å². The highest BCUT2D eigenvalue weighted by molar-refractivity contribution is 6.32. The molecular weight excluding hydrogens is 271 g/mol. The molecule has 4 nitrogen and oxygen atoms in total. The van der Waals surface area contributed by atoms with Crippen LogP contribution in [0, 0.1) is 5.82 Å². The Bertz CT molecular complexity index is 525. The first-order valence-electron chi connectivity index (χ1n) is 5.75. The van der Waals surface area contributed by atoms with E-state index in [1.54, 1.807) is 6.07 Å². The zero-order valence-electron chi connectivity index (χ0n) is 10.0. The van der Waals surface area contributed by atoms with Gasteiger partial charge in [0.1, 0.15) is 5.82 Å². The fraction of sp³-hybridized carbons (Fsp3) is 0.231. The average Bonchev–Trinajstić information content (AvgIpc) is 2.38. The number of carbonyl (C=O) groups is 2. The monoisotopic (exact) mass is 282 g/mol. The molecule has 1 aliphatic rings. The standard InChI is InChI=1S/C13H12ClFN2O2/c14-10-2-1-3-11(15)9(10)4-5-13(19)17-7-6-16-12(18)8-17/h1-5H,6-8H2,(H,16,18). The van der Waals surface area contributed by atoms with E-state index in [0.717, 1.165) is 0 Å². The highest BCUT2D eigenvalue weighted by Gasteiger charge is 2.19. The second kappa shape index (κ2) is 5.84. The van der Waals surface area contributed by atoms with Crippen LogP contribution in [0.5, 0.6) is 0 Å². The second-order valence-corrected chi connectivity index (χ2v) is 4.49. The van der Waals surface area contributed by atoms with Crippen LogP contribution in [-0.4, -0.2) is 36.3 Å². The summed E-state index contributed by atoms with van der Waals surface area (Å²) >= 11 is 5.84. The minimum atomic E-state index is -0.493. The third-order valence-electron chi connectivity index (χ3n) is 2.74. The zero-order chi connectivity index (χ0) is 13.8. The van der Waals surface area contributed by atoms with E-state index in [0.29, 0.717) is 13.1 Å². The molecule has 1 aromatic carbocycles. The van der Waals surface area contributed by atoms with Gasteiger partial charge in [-0.05, 0) is 18.2 Å². The number of piperazine rings is 1. The van der Waals surface area contributed by atoms with Crippen molar-refractivity contribution in [1.29, 1.82) is 0 Å². The molecule has 1 N–H and O–H groups in total. The highest BCUT2D eigenvalue weighted by atomic mass is 35.5. The Morgan fingerprint density at radius 1 is 1.47 bits per heavy atom. The molecule has 6 heteroatoms. The molecule has 100 valence electrons. The van der Waals surface area contributed by atoms with E-state index < -0.39 is 5.82 Å². The van der Waals surface area contributed by atoms with Crippen LogP contribution in [0.2, 0.25) is 5.02 Å². The first-order valence-corrected chi connectivity index (χ1v) is 6.13. The molecule has 0 radical (unpaired) electrons. The average molecular weight is 283 g/mol. The van der Waals surface area contributed by atoms with Gasteiger partial charge >= 0.3 is 0 Å². The molecule has 1 heterocycles. The van der Waals surface area contributed by atoms with Gasteiger partial charge in [-0.1, -0.05) is 17.7 Å². The van der Waals surface area contributed by atoms with E-state index in [1.807, 2.05) is 0 Å². The van der Waals surface area contributed by atoms with Gasteiger partial charge < -0.3 is 10.2 Å². The molecule has 1 aliphatic heterocycles. The van der Waals surface area contributed by atoms with Crippen molar-refractivity contribution in [1.82, 2.24) is 10.2 Å². The van der Waals surface area contributed by atoms with Crippen molar-refractivity contribution >= 4 is 29.5 Å². The first-order chi connectivity index (χ1) is 9.08. The summed E-state index contributed by atoms with van der Waals surface area (Å²) < 4.78 is 13.5.